The van der Waals surface area contributed by atoms with Crippen LogP contribution in [0.5, 0.6) is 0 Å². The SMILES string of the molecule is C.C.COC(=O)c1ccccc1C(=O)O.O=C1OC(=O)c2ccccc21.[2HH]. The van der Waals surface area contributed by atoms with Crippen molar-refractivity contribution in [3.8, 4) is 0 Å². The first-order valence-corrected chi connectivity index (χ1v) is 6.72. The molecular weight excluding hydrogens is 340 g/mol. The van der Waals surface area contributed by atoms with Gasteiger partial charge in [0.2, 0.25) is 0 Å². The third-order valence-corrected chi connectivity index (χ3v) is 3.12. The molecule has 7 heteroatoms. The molecule has 1 heterocycles. The maximum atomic E-state index is 11.1. The zero-order chi connectivity index (χ0) is 17.7. The molecule has 3 rings (SSSR count). The molecule has 1 aliphatic heterocycles. The van der Waals surface area contributed by atoms with Crippen molar-refractivity contribution in [2.75, 3.05) is 7.11 Å². The molecule has 0 spiro atoms. The Kier molecular flexibility index (Phi) is 8.43. The van der Waals surface area contributed by atoms with E-state index in [0.29, 0.717) is 11.1 Å². The Labute approximate surface area is 152 Å². The van der Waals surface area contributed by atoms with Gasteiger partial charge in [0.25, 0.3) is 0 Å². The van der Waals surface area contributed by atoms with Gasteiger partial charge in [-0.3, -0.25) is 0 Å². The van der Waals surface area contributed by atoms with Gasteiger partial charge in [0.05, 0.1) is 29.4 Å². The number of carbonyl (C=O) groups is 4. The lowest BCUT2D eigenvalue weighted by Gasteiger charge is -2.02. The Morgan fingerprint density at radius 3 is 1.73 bits per heavy atom. The van der Waals surface area contributed by atoms with Crippen LogP contribution in [0.15, 0.2) is 48.5 Å². The van der Waals surface area contributed by atoms with Crippen LogP contribution in [0.1, 0.15) is 57.7 Å². The summed E-state index contributed by atoms with van der Waals surface area (Å²) in [6.07, 6.45) is 0. The topological polar surface area (TPSA) is 107 Å². The Bertz CT molecular complexity index is 797. The molecule has 0 bridgehead atoms. The molecular formula is C19H22O7. The quantitative estimate of drug-likeness (QED) is 0.640. The maximum Gasteiger partial charge on any atom is 0.346 e. The predicted octanol–water partition coefficient (Wildman–Crippen LogP) is 3.69. The number of carboxylic acids is 1. The van der Waals surface area contributed by atoms with Gasteiger partial charge in [0.15, 0.2) is 0 Å². The Morgan fingerprint density at radius 1 is 0.885 bits per heavy atom. The van der Waals surface area contributed by atoms with Crippen LogP contribution in [-0.2, 0) is 9.47 Å². The molecule has 0 aliphatic carbocycles. The minimum atomic E-state index is -1.14. The largest absolute Gasteiger partial charge is 0.478 e. The first kappa shape index (κ1) is 22.5. The zero-order valence-corrected chi connectivity index (χ0v) is 12.5. The number of fused-ring (bicyclic) bond motifs is 1. The Morgan fingerprint density at radius 2 is 1.31 bits per heavy atom. The summed E-state index contributed by atoms with van der Waals surface area (Å²) in [4.78, 5) is 43.4. The van der Waals surface area contributed by atoms with E-state index in [1.807, 2.05) is 0 Å². The second-order valence-electron chi connectivity index (χ2n) is 4.56. The highest BCUT2D eigenvalue weighted by atomic mass is 16.6. The number of methoxy groups -OCH3 is 1. The number of ether oxygens (including phenoxy) is 2. The van der Waals surface area contributed by atoms with Crippen LogP contribution in [0.4, 0.5) is 0 Å². The number of cyclic esters (lactones) is 2. The summed E-state index contributed by atoms with van der Waals surface area (Å²) in [5, 5.41) is 8.70. The molecule has 0 atom stereocenters. The van der Waals surface area contributed by atoms with E-state index in [-0.39, 0.29) is 27.4 Å². The summed E-state index contributed by atoms with van der Waals surface area (Å²) >= 11 is 0. The van der Waals surface area contributed by atoms with Gasteiger partial charge in [-0.25, -0.2) is 19.2 Å². The fraction of sp³-hybridized carbons (Fsp3) is 0.158. The lowest BCUT2D eigenvalue weighted by atomic mass is 10.1. The highest BCUT2D eigenvalue weighted by Crippen LogP contribution is 2.18. The van der Waals surface area contributed by atoms with Gasteiger partial charge in [-0.1, -0.05) is 39.1 Å². The van der Waals surface area contributed by atoms with Crippen molar-refractivity contribution in [3.63, 3.8) is 0 Å². The van der Waals surface area contributed by atoms with Crippen LogP contribution in [0.2, 0.25) is 0 Å². The minimum Gasteiger partial charge on any atom is -0.478 e. The van der Waals surface area contributed by atoms with E-state index in [1.54, 1.807) is 36.4 Å². The average Bonchev–Trinajstić information content (AvgIpc) is 2.89. The monoisotopic (exact) mass is 363 g/mol. The fourth-order valence-electron chi connectivity index (χ4n) is 1.99. The van der Waals surface area contributed by atoms with Crippen LogP contribution in [-0.4, -0.2) is 36.1 Å². The third kappa shape index (κ3) is 4.76. The van der Waals surface area contributed by atoms with E-state index in [9.17, 15) is 19.2 Å². The van der Waals surface area contributed by atoms with E-state index in [2.05, 4.69) is 9.47 Å². The summed E-state index contributed by atoms with van der Waals surface area (Å²) in [6.45, 7) is 0. The van der Waals surface area contributed by atoms with Crippen LogP contribution in [0.25, 0.3) is 0 Å². The number of esters is 3. The normalized spacial score (nSPS) is 10.8. The molecule has 0 fully saturated rings. The van der Waals surface area contributed by atoms with Gasteiger partial charge < -0.3 is 14.6 Å². The molecule has 1 aliphatic rings. The molecule has 1 N–H and O–H groups in total. The van der Waals surface area contributed by atoms with Crippen LogP contribution in [0.3, 0.4) is 0 Å². The van der Waals surface area contributed by atoms with E-state index >= 15 is 0 Å². The Balaban J connectivity index is 0. The zero-order valence-electron chi connectivity index (χ0n) is 12.5. The maximum absolute atomic E-state index is 11.1. The molecule has 0 radical (unpaired) electrons. The molecule has 26 heavy (non-hydrogen) atoms. The third-order valence-electron chi connectivity index (χ3n) is 3.12. The van der Waals surface area contributed by atoms with Crippen molar-refractivity contribution in [1.82, 2.24) is 0 Å². The number of carbonyl (C=O) groups excluding carboxylic acids is 3. The Hall–Kier alpha value is -3.48. The highest BCUT2D eigenvalue weighted by Gasteiger charge is 2.28. The molecule has 7 nitrogen and oxygen atoms in total. The predicted molar refractivity (Wildman–Crippen MR) is 96.5 cm³/mol. The smallest absolute Gasteiger partial charge is 0.346 e. The van der Waals surface area contributed by atoms with Crippen molar-refractivity contribution < 1.29 is 35.2 Å². The lowest BCUT2D eigenvalue weighted by Crippen LogP contribution is -2.09. The number of aromatic carboxylic acids is 1. The van der Waals surface area contributed by atoms with Crippen LogP contribution < -0.4 is 0 Å². The van der Waals surface area contributed by atoms with Crippen molar-refractivity contribution >= 4 is 23.9 Å². The standard InChI is InChI=1S/C9H8O4.C8H4O3.2CH4.H2/c1-13-9(12)7-5-3-2-4-6(7)8(10)11;9-7-5-3-1-2-4-6(5)8(10)11-7;;;/h2-5H,1H3,(H,10,11);1-4H;2*1H4;1H/i;;;;1+1. The second-order valence-corrected chi connectivity index (χ2v) is 4.56. The highest BCUT2D eigenvalue weighted by molar-refractivity contribution is 6.14. The van der Waals surface area contributed by atoms with Gasteiger partial charge in [-0.15, -0.1) is 0 Å². The van der Waals surface area contributed by atoms with E-state index in [0.717, 1.165) is 0 Å². The van der Waals surface area contributed by atoms with Crippen molar-refractivity contribution in [1.29, 1.82) is 0 Å². The van der Waals surface area contributed by atoms with Crippen molar-refractivity contribution in [3.05, 3.63) is 70.8 Å². The van der Waals surface area contributed by atoms with Crippen LogP contribution >= 0.6 is 0 Å². The van der Waals surface area contributed by atoms with Gasteiger partial charge in [-0.05, 0) is 24.3 Å². The van der Waals surface area contributed by atoms with Crippen LogP contribution in [0, 0.1) is 0 Å². The molecule has 0 unspecified atom stereocenters. The summed E-state index contributed by atoms with van der Waals surface area (Å²) in [5.41, 5.74) is 0.738. The van der Waals surface area contributed by atoms with E-state index in [4.69, 9.17) is 5.11 Å². The molecule has 2 aromatic carbocycles. The van der Waals surface area contributed by atoms with Gasteiger partial charge in [-0.2, -0.15) is 0 Å². The molecule has 2 aromatic rings. The van der Waals surface area contributed by atoms with Gasteiger partial charge in [0, 0.05) is 1.43 Å². The lowest BCUT2D eigenvalue weighted by molar-refractivity contribution is 0.0442. The van der Waals surface area contributed by atoms with Crippen molar-refractivity contribution in [2.45, 2.75) is 14.9 Å². The number of rotatable bonds is 2. The van der Waals surface area contributed by atoms with E-state index < -0.39 is 23.9 Å². The molecule has 0 saturated heterocycles. The van der Waals surface area contributed by atoms with E-state index in [1.165, 1.54) is 19.2 Å². The molecule has 0 saturated carbocycles. The number of carboxylic acid groups (broad SMARTS) is 1. The fourth-order valence-corrected chi connectivity index (χ4v) is 1.99. The summed E-state index contributed by atoms with van der Waals surface area (Å²) < 4.78 is 8.78. The summed E-state index contributed by atoms with van der Waals surface area (Å²) in [7, 11) is 1.21. The molecule has 0 aromatic heterocycles. The van der Waals surface area contributed by atoms with Crippen molar-refractivity contribution in [2.24, 2.45) is 0 Å². The number of benzene rings is 2. The summed E-state index contributed by atoms with van der Waals surface area (Å²) in [5.74, 6) is -2.88. The number of hydrogen-bond acceptors (Lipinski definition) is 6. The second kappa shape index (κ2) is 9.73. The molecule has 0 amide bonds. The van der Waals surface area contributed by atoms with Gasteiger partial charge >= 0.3 is 23.9 Å². The average molecular weight is 363 g/mol. The van der Waals surface area contributed by atoms with Gasteiger partial charge in [0.1, 0.15) is 0 Å². The first-order valence-electron chi connectivity index (χ1n) is 6.72. The first-order chi connectivity index (χ1) is 11.5. The summed E-state index contributed by atoms with van der Waals surface area (Å²) in [6, 6.07) is 12.4. The number of hydrogen-bond donors (Lipinski definition) is 1. The molecule has 140 valence electrons. The minimum absolute atomic E-state index is 0.